The van der Waals surface area contributed by atoms with Crippen molar-refractivity contribution in [3.63, 3.8) is 0 Å². The Labute approximate surface area is 105 Å². The summed E-state index contributed by atoms with van der Waals surface area (Å²) in [5.74, 6) is -1.78. The van der Waals surface area contributed by atoms with Crippen LogP contribution in [0.25, 0.3) is 0 Å². The van der Waals surface area contributed by atoms with E-state index in [1.165, 1.54) is 12.3 Å². The molecule has 6 heteroatoms. The number of carboxylic acid groups (broad SMARTS) is 2. The van der Waals surface area contributed by atoms with Crippen LogP contribution in [0.5, 0.6) is 0 Å². The van der Waals surface area contributed by atoms with Crippen LogP contribution in [0.2, 0.25) is 0 Å². The van der Waals surface area contributed by atoms with Gasteiger partial charge in [-0.15, -0.1) is 0 Å². The van der Waals surface area contributed by atoms with E-state index in [0.717, 1.165) is 12.8 Å². The largest absolute Gasteiger partial charge is 0.481 e. The maximum Gasteiger partial charge on any atom is 0.337 e. The smallest absolute Gasteiger partial charge is 0.337 e. The zero-order valence-corrected chi connectivity index (χ0v) is 9.93. The van der Waals surface area contributed by atoms with Gasteiger partial charge < -0.3 is 15.5 Å². The Morgan fingerprint density at radius 3 is 2.61 bits per heavy atom. The first kappa shape index (κ1) is 14.0. The third kappa shape index (κ3) is 5.29. The standard InChI is InChI=1S/C12H16N2O4/c15-11(16)4-2-1-3-5-14-10-6-9(12(17)18)7-13-8-10/h6-8,14H,1-5H2,(H,15,16)(H,17,18). The fourth-order valence-corrected chi connectivity index (χ4v) is 1.46. The SMILES string of the molecule is O=C(O)CCCCCNc1cncc(C(=O)O)c1. The minimum atomic E-state index is -1.01. The predicted octanol–water partition coefficient (Wildman–Crippen LogP) is 1.84. The summed E-state index contributed by atoms with van der Waals surface area (Å²) in [6.45, 7) is 0.671. The second-order valence-electron chi connectivity index (χ2n) is 3.90. The third-order valence-electron chi connectivity index (χ3n) is 2.38. The van der Waals surface area contributed by atoms with Crippen molar-refractivity contribution in [1.29, 1.82) is 0 Å². The maximum atomic E-state index is 10.7. The zero-order valence-electron chi connectivity index (χ0n) is 9.93. The van der Waals surface area contributed by atoms with Gasteiger partial charge in [0.25, 0.3) is 0 Å². The van der Waals surface area contributed by atoms with Gasteiger partial charge in [0.1, 0.15) is 0 Å². The molecule has 1 rings (SSSR count). The molecular formula is C12H16N2O4. The van der Waals surface area contributed by atoms with Crippen molar-refractivity contribution >= 4 is 17.6 Å². The lowest BCUT2D eigenvalue weighted by atomic mass is 10.2. The second kappa shape index (κ2) is 7.26. The van der Waals surface area contributed by atoms with Gasteiger partial charge in [-0.3, -0.25) is 9.78 Å². The van der Waals surface area contributed by atoms with Crippen molar-refractivity contribution in [3.8, 4) is 0 Å². The van der Waals surface area contributed by atoms with Gasteiger partial charge in [-0.05, 0) is 18.9 Å². The fourth-order valence-electron chi connectivity index (χ4n) is 1.46. The summed E-state index contributed by atoms with van der Waals surface area (Å²) >= 11 is 0. The lowest BCUT2D eigenvalue weighted by molar-refractivity contribution is -0.137. The van der Waals surface area contributed by atoms with Gasteiger partial charge in [-0.1, -0.05) is 6.42 Å². The number of hydrogen-bond acceptors (Lipinski definition) is 4. The molecule has 18 heavy (non-hydrogen) atoms. The van der Waals surface area contributed by atoms with Crippen molar-refractivity contribution in [2.24, 2.45) is 0 Å². The normalized spacial score (nSPS) is 10.0. The number of nitrogens with zero attached hydrogens (tertiary/aromatic N) is 1. The predicted molar refractivity (Wildman–Crippen MR) is 65.8 cm³/mol. The minimum absolute atomic E-state index is 0.144. The number of aliphatic carboxylic acids is 1. The third-order valence-corrected chi connectivity index (χ3v) is 2.38. The average molecular weight is 252 g/mol. The number of carboxylic acids is 2. The topological polar surface area (TPSA) is 99.5 Å². The van der Waals surface area contributed by atoms with Crippen LogP contribution in [-0.4, -0.2) is 33.7 Å². The van der Waals surface area contributed by atoms with Crippen molar-refractivity contribution < 1.29 is 19.8 Å². The first-order valence-electron chi connectivity index (χ1n) is 5.73. The van der Waals surface area contributed by atoms with E-state index in [2.05, 4.69) is 10.3 Å². The first-order valence-corrected chi connectivity index (χ1v) is 5.73. The summed E-state index contributed by atoms with van der Waals surface area (Å²) in [5.41, 5.74) is 0.805. The van der Waals surface area contributed by atoms with E-state index < -0.39 is 11.9 Å². The van der Waals surface area contributed by atoms with Gasteiger partial charge in [0, 0.05) is 25.4 Å². The molecule has 1 heterocycles. The molecule has 0 saturated heterocycles. The maximum absolute atomic E-state index is 10.7. The Morgan fingerprint density at radius 2 is 1.94 bits per heavy atom. The van der Waals surface area contributed by atoms with Gasteiger partial charge in [0.05, 0.1) is 11.3 Å². The van der Waals surface area contributed by atoms with Crippen LogP contribution in [0, 0.1) is 0 Å². The fraction of sp³-hybridized carbons (Fsp3) is 0.417. The zero-order chi connectivity index (χ0) is 13.4. The molecule has 0 amide bonds. The van der Waals surface area contributed by atoms with E-state index in [1.807, 2.05) is 0 Å². The van der Waals surface area contributed by atoms with E-state index in [-0.39, 0.29) is 12.0 Å². The van der Waals surface area contributed by atoms with E-state index in [4.69, 9.17) is 10.2 Å². The van der Waals surface area contributed by atoms with Crippen molar-refractivity contribution in [2.45, 2.75) is 25.7 Å². The molecule has 0 aromatic carbocycles. The molecule has 0 fully saturated rings. The van der Waals surface area contributed by atoms with Crippen molar-refractivity contribution in [1.82, 2.24) is 4.98 Å². The van der Waals surface area contributed by atoms with E-state index in [0.29, 0.717) is 18.7 Å². The number of rotatable bonds is 8. The molecule has 0 aliphatic rings. The highest BCUT2D eigenvalue weighted by Gasteiger charge is 2.03. The minimum Gasteiger partial charge on any atom is -0.481 e. The summed E-state index contributed by atoms with van der Waals surface area (Å²) in [5, 5.41) is 20.3. The summed E-state index contributed by atoms with van der Waals surface area (Å²) in [4.78, 5) is 24.8. The second-order valence-corrected chi connectivity index (χ2v) is 3.90. The molecule has 0 bridgehead atoms. The summed E-state index contributed by atoms with van der Waals surface area (Å²) in [6.07, 6.45) is 5.36. The first-order chi connectivity index (χ1) is 8.59. The van der Waals surface area contributed by atoms with Crippen LogP contribution in [0.1, 0.15) is 36.0 Å². The number of hydrogen-bond donors (Lipinski definition) is 3. The highest BCUT2D eigenvalue weighted by molar-refractivity contribution is 5.88. The van der Waals surface area contributed by atoms with Crippen LogP contribution in [0.15, 0.2) is 18.5 Å². The molecule has 0 aliphatic heterocycles. The van der Waals surface area contributed by atoms with Crippen molar-refractivity contribution in [3.05, 3.63) is 24.0 Å². The molecule has 6 nitrogen and oxygen atoms in total. The summed E-state index contributed by atoms with van der Waals surface area (Å²) in [6, 6.07) is 1.52. The quantitative estimate of drug-likeness (QED) is 0.610. The van der Waals surface area contributed by atoms with Crippen LogP contribution in [-0.2, 0) is 4.79 Å². The molecule has 98 valence electrons. The molecule has 0 atom stereocenters. The van der Waals surface area contributed by atoms with Gasteiger partial charge in [0.15, 0.2) is 0 Å². The van der Waals surface area contributed by atoms with Gasteiger partial charge in [-0.25, -0.2) is 4.79 Å². The Balaban J connectivity index is 2.25. The van der Waals surface area contributed by atoms with E-state index in [1.54, 1.807) is 6.20 Å². The number of carbonyl (C=O) groups is 2. The summed E-state index contributed by atoms with van der Waals surface area (Å²) in [7, 11) is 0. The van der Waals surface area contributed by atoms with Crippen LogP contribution < -0.4 is 5.32 Å². The Bertz CT molecular complexity index is 420. The lowest BCUT2D eigenvalue weighted by Gasteiger charge is -2.06. The number of aromatic carboxylic acids is 1. The van der Waals surface area contributed by atoms with Crippen LogP contribution in [0.3, 0.4) is 0 Å². The highest BCUT2D eigenvalue weighted by Crippen LogP contribution is 2.09. The lowest BCUT2D eigenvalue weighted by Crippen LogP contribution is -2.04. The highest BCUT2D eigenvalue weighted by atomic mass is 16.4. The van der Waals surface area contributed by atoms with E-state index in [9.17, 15) is 9.59 Å². The molecule has 0 spiro atoms. The molecule has 0 radical (unpaired) electrons. The molecule has 1 aromatic heterocycles. The Kier molecular flexibility index (Phi) is 5.63. The van der Waals surface area contributed by atoms with Gasteiger partial charge >= 0.3 is 11.9 Å². The van der Waals surface area contributed by atoms with E-state index >= 15 is 0 Å². The van der Waals surface area contributed by atoms with Crippen LogP contribution in [0.4, 0.5) is 5.69 Å². The molecule has 0 saturated carbocycles. The summed E-state index contributed by atoms with van der Waals surface area (Å²) < 4.78 is 0. The Hall–Kier alpha value is -2.11. The molecule has 3 N–H and O–H groups in total. The number of unbranched alkanes of at least 4 members (excludes halogenated alkanes) is 2. The average Bonchev–Trinajstić information content (AvgIpc) is 2.33. The monoisotopic (exact) mass is 252 g/mol. The number of aromatic nitrogens is 1. The van der Waals surface area contributed by atoms with Crippen molar-refractivity contribution in [2.75, 3.05) is 11.9 Å². The number of pyridine rings is 1. The van der Waals surface area contributed by atoms with Crippen LogP contribution >= 0.6 is 0 Å². The number of nitrogens with one attached hydrogen (secondary N) is 1. The molecule has 0 unspecified atom stereocenters. The Morgan fingerprint density at radius 1 is 1.17 bits per heavy atom. The van der Waals surface area contributed by atoms with Gasteiger partial charge in [0.2, 0.25) is 0 Å². The number of anilines is 1. The molecular weight excluding hydrogens is 236 g/mol. The molecule has 0 aliphatic carbocycles. The molecule has 1 aromatic rings. The van der Waals surface area contributed by atoms with Gasteiger partial charge in [-0.2, -0.15) is 0 Å².